The molecule has 2 atom stereocenters. The maximum absolute atomic E-state index is 8.79. The molecular weight excluding hydrogens is 198 g/mol. The molecule has 0 aromatic rings. The molecule has 2 aliphatic rings. The van der Waals surface area contributed by atoms with E-state index in [4.69, 9.17) is 5.26 Å². The lowest BCUT2D eigenvalue weighted by Crippen LogP contribution is -2.58. The number of hydrogen-bond acceptors (Lipinski definition) is 3. The van der Waals surface area contributed by atoms with E-state index in [1.165, 1.54) is 32.1 Å². The summed E-state index contributed by atoms with van der Waals surface area (Å²) in [6.45, 7) is 4.47. The van der Waals surface area contributed by atoms with E-state index in [1.807, 2.05) is 0 Å². The monoisotopic (exact) mass is 221 g/mol. The molecule has 16 heavy (non-hydrogen) atoms. The summed E-state index contributed by atoms with van der Waals surface area (Å²) >= 11 is 0. The van der Waals surface area contributed by atoms with Gasteiger partial charge in [0.25, 0.3) is 0 Å². The van der Waals surface area contributed by atoms with Crippen LogP contribution in [0.4, 0.5) is 0 Å². The minimum Gasteiger partial charge on any atom is -0.308 e. The summed E-state index contributed by atoms with van der Waals surface area (Å²) in [5, 5.41) is 12.3. The second-order valence-corrected chi connectivity index (χ2v) is 5.37. The molecule has 3 heteroatoms. The van der Waals surface area contributed by atoms with Gasteiger partial charge in [0, 0.05) is 31.2 Å². The van der Waals surface area contributed by atoms with E-state index in [9.17, 15) is 0 Å². The third-order valence-corrected chi connectivity index (χ3v) is 3.91. The minimum atomic E-state index is 0.385. The van der Waals surface area contributed by atoms with Crippen molar-refractivity contribution in [1.29, 1.82) is 5.26 Å². The predicted octanol–water partition coefficient (Wildman–Crippen LogP) is 1.90. The van der Waals surface area contributed by atoms with E-state index in [1.54, 1.807) is 0 Å². The number of hydrogen-bond donors (Lipinski definition) is 1. The van der Waals surface area contributed by atoms with Gasteiger partial charge < -0.3 is 5.32 Å². The van der Waals surface area contributed by atoms with E-state index in [2.05, 4.69) is 23.2 Å². The van der Waals surface area contributed by atoms with Crippen LogP contribution < -0.4 is 5.32 Å². The van der Waals surface area contributed by atoms with Crippen LogP contribution in [0.3, 0.4) is 0 Å². The molecule has 2 rings (SSSR count). The van der Waals surface area contributed by atoms with Crippen molar-refractivity contribution in [2.24, 2.45) is 0 Å². The Morgan fingerprint density at radius 2 is 2.00 bits per heavy atom. The van der Waals surface area contributed by atoms with Gasteiger partial charge >= 0.3 is 0 Å². The second-order valence-electron chi connectivity index (χ2n) is 5.37. The zero-order valence-corrected chi connectivity index (χ0v) is 10.3. The molecule has 1 heterocycles. The molecule has 1 N–H and O–H groups in total. The van der Waals surface area contributed by atoms with Crippen LogP contribution in [0.1, 0.15) is 45.4 Å². The van der Waals surface area contributed by atoms with Crippen LogP contribution in [0.2, 0.25) is 0 Å². The predicted molar refractivity (Wildman–Crippen MR) is 65.1 cm³/mol. The lowest BCUT2D eigenvalue weighted by molar-refractivity contribution is 0.0955. The molecule has 0 bridgehead atoms. The highest BCUT2D eigenvalue weighted by molar-refractivity contribution is 4.92. The zero-order chi connectivity index (χ0) is 11.4. The zero-order valence-electron chi connectivity index (χ0n) is 10.3. The quantitative estimate of drug-likeness (QED) is 0.774. The van der Waals surface area contributed by atoms with Gasteiger partial charge in [-0.2, -0.15) is 5.26 Å². The Labute approximate surface area is 98.8 Å². The molecule has 0 spiro atoms. The summed E-state index contributed by atoms with van der Waals surface area (Å²) in [4.78, 5) is 2.63. The van der Waals surface area contributed by atoms with Crippen LogP contribution in [-0.4, -0.2) is 36.1 Å². The summed E-state index contributed by atoms with van der Waals surface area (Å²) in [5.74, 6) is 0. The van der Waals surface area contributed by atoms with Gasteiger partial charge in [0.2, 0.25) is 0 Å². The maximum Gasteiger partial charge on any atom is 0.0638 e. The highest BCUT2D eigenvalue weighted by atomic mass is 15.2. The number of nitrogens with one attached hydrogen (secondary N) is 1. The largest absolute Gasteiger partial charge is 0.308 e. The van der Waals surface area contributed by atoms with Crippen molar-refractivity contribution >= 4 is 0 Å². The minimum absolute atomic E-state index is 0.385. The first-order valence-corrected chi connectivity index (χ1v) is 6.66. The summed E-state index contributed by atoms with van der Waals surface area (Å²) in [7, 11) is 0. The third kappa shape index (κ3) is 2.96. The van der Waals surface area contributed by atoms with Crippen LogP contribution in [0, 0.1) is 11.3 Å². The molecular formula is C13H23N3. The molecule has 1 aliphatic carbocycles. The Hall–Kier alpha value is -0.590. The molecule has 90 valence electrons. The average molecular weight is 221 g/mol. The highest BCUT2D eigenvalue weighted by Gasteiger charge is 2.29. The van der Waals surface area contributed by atoms with Crippen LogP contribution in [0.5, 0.6) is 0 Å². The van der Waals surface area contributed by atoms with Gasteiger partial charge in [-0.1, -0.05) is 19.3 Å². The Morgan fingerprint density at radius 1 is 1.25 bits per heavy atom. The first-order valence-electron chi connectivity index (χ1n) is 6.66. The number of piperazine rings is 1. The van der Waals surface area contributed by atoms with E-state index >= 15 is 0 Å². The van der Waals surface area contributed by atoms with Crippen LogP contribution in [0.25, 0.3) is 0 Å². The maximum atomic E-state index is 8.79. The summed E-state index contributed by atoms with van der Waals surface area (Å²) in [6, 6.07) is 4.00. The molecule has 3 nitrogen and oxygen atoms in total. The summed E-state index contributed by atoms with van der Waals surface area (Å²) in [6.07, 6.45) is 7.59. The SMILES string of the molecule is CC1CN(C2CCCCC2)CC(CC#N)N1. The summed E-state index contributed by atoms with van der Waals surface area (Å²) < 4.78 is 0. The lowest BCUT2D eigenvalue weighted by atomic mass is 9.92. The van der Waals surface area contributed by atoms with Gasteiger partial charge in [0.05, 0.1) is 12.5 Å². The Morgan fingerprint density at radius 3 is 2.69 bits per heavy atom. The smallest absolute Gasteiger partial charge is 0.0638 e. The van der Waals surface area contributed by atoms with Gasteiger partial charge in [-0.15, -0.1) is 0 Å². The van der Waals surface area contributed by atoms with Crippen molar-refractivity contribution in [1.82, 2.24) is 10.2 Å². The Kier molecular flexibility index (Phi) is 4.20. The van der Waals surface area contributed by atoms with E-state index in [-0.39, 0.29) is 0 Å². The Balaban J connectivity index is 1.90. The fraction of sp³-hybridized carbons (Fsp3) is 0.923. The van der Waals surface area contributed by atoms with Gasteiger partial charge in [-0.3, -0.25) is 4.90 Å². The molecule has 0 amide bonds. The fourth-order valence-corrected chi connectivity index (χ4v) is 3.20. The van der Waals surface area contributed by atoms with Crippen LogP contribution in [0.15, 0.2) is 0 Å². The van der Waals surface area contributed by atoms with Gasteiger partial charge in [-0.05, 0) is 19.8 Å². The van der Waals surface area contributed by atoms with Crippen LogP contribution in [-0.2, 0) is 0 Å². The molecule has 1 aliphatic heterocycles. The first-order chi connectivity index (χ1) is 7.79. The van der Waals surface area contributed by atoms with Crippen molar-refractivity contribution in [2.45, 2.75) is 63.6 Å². The van der Waals surface area contributed by atoms with Gasteiger partial charge in [0.1, 0.15) is 0 Å². The van der Waals surface area contributed by atoms with Gasteiger partial charge in [0.15, 0.2) is 0 Å². The highest BCUT2D eigenvalue weighted by Crippen LogP contribution is 2.24. The van der Waals surface area contributed by atoms with E-state index in [0.717, 1.165) is 19.1 Å². The van der Waals surface area contributed by atoms with Crippen molar-refractivity contribution < 1.29 is 0 Å². The van der Waals surface area contributed by atoms with E-state index < -0.39 is 0 Å². The molecule has 2 fully saturated rings. The normalized spacial score (nSPS) is 33.5. The molecule has 0 aromatic carbocycles. The first kappa shape index (κ1) is 11.9. The number of nitrogens with zero attached hydrogens (tertiary/aromatic N) is 2. The number of rotatable bonds is 2. The fourth-order valence-electron chi connectivity index (χ4n) is 3.20. The molecule has 1 saturated carbocycles. The van der Waals surface area contributed by atoms with Crippen molar-refractivity contribution in [3.63, 3.8) is 0 Å². The average Bonchev–Trinajstić information content (AvgIpc) is 2.30. The summed E-state index contributed by atoms with van der Waals surface area (Å²) in [5.41, 5.74) is 0. The van der Waals surface area contributed by atoms with E-state index in [0.29, 0.717) is 18.5 Å². The van der Waals surface area contributed by atoms with Gasteiger partial charge in [-0.25, -0.2) is 0 Å². The molecule has 0 aromatic heterocycles. The second kappa shape index (κ2) is 5.65. The number of nitriles is 1. The molecule has 1 saturated heterocycles. The van der Waals surface area contributed by atoms with Crippen LogP contribution >= 0.6 is 0 Å². The lowest BCUT2D eigenvalue weighted by Gasteiger charge is -2.42. The third-order valence-electron chi connectivity index (χ3n) is 3.91. The van der Waals surface area contributed by atoms with Crippen molar-refractivity contribution in [2.75, 3.05) is 13.1 Å². The molecule has 0 radical (unpaired) electrons. The van der Waals surface area contributed by atoms with Crippen molar-refractivity contribution in [3.05, 3.63) is 0 Å². The molecule has 2 unspecified atom stereocenters. The standard InChI is InChI=1S/C13H23N3/c1-11-9-16(10-12(15-11)7-8-14)13-5-3-2-4-6-13/h11-13,15H,2-7,9-10H2,1H3. The topological polar surface area (TPSA) is 39.1 Å². The van der Waals surface area contributed by atoms with Crippen molar-refractivity contribution in [3.8, 4) is 6.07 Å². The Bertz CT molecular complexity index is 252.